The molecule has 1 saturated carbocycles. The van der Waals surface area contributed by atoms with Gasteiger partial charge in [0, 0.05) is 74.1 Å². The number of hydrazine groups is 1. The second-order valence-electron chi connectivity index (χ2n) is 10.0. The Kier molecular flexibility index (Phi) is 5.56. The second-order valence-corrected chi connectivity index (χ2v) is 10.0. The number of phenolic OH excluding ortho intramolecular Hbond substituents is 1. The molecular formula is C26H36N6O. The van der Waals surface area contributed by atoms with E-state index in [-0.39, 0.29) is 0 Å². The van der Waals surface area contributed by atoms with Gasteiger partial charge in [-0.05, 0) is 56.4 Å². The summed E-state index contributed by atoms with van der Waals surface area (Å²) in [4.78, 5) is 9.11. The van der Waals surface area contributed by atoms with Crippen molar-refractivity contribution in [2.45, 2.75) is 57.2 Å². The summed E-state index contributed by atoms with van der Waals surface area (Å²) in [5.74, 6) is 1.33. The van der Waals surface area contributed by atoms with E-state index in [0.29, 0.717) is 17.8 Å². The monoisotopic (exact) mass is 448 g/mol. The molecule has 7 nitrogen and oxygen atoms in total. The fraction of sp³-hybridized carbons (Fsp3) is 0.538. The van der Waals surface area contributed by atoms with Crippen molar-refractivity contribution in [1.29, 1.82) is 0 Å². The SMILES string of the molecule is C[C@@H]1c2c([nH]c3c2C=C(c2ccccc2O)NN3)CCN1C1CCC(N2CCNCC2)CC1. The molecule has 1 saturated heterocycles. The van der Waals surface area contributed by atoms with Crippen molar-refractivity contribution >= 4 is 17.6 Å². The Labute approximate surface area is 196 Å². The molecule has 4 heterocycles. The van der Waals surface area contributed by atoms with Crippen molar-refractivity contribution < 1.29 is 5.11 Å². The number of rotatable bonds is 3. The van der Waals surface area contributed by atoms with Crippen molar-refractivity contribution in [3.8, 4) is 5.75 Å². The number of phenols is 1. The van der Waals surface area contributed by atoms with Crippen LogP contribution in [0.5, 0.6) is 5.75 Å². The molecule has 0 bridgehead atoms. The van der Waals surface area contributed by atoms with Crippen LogP contribution in [-0.2, 0) is 6.42 Å². The number of nitrogens with one attached hydrogen (secondary N) is 4. The zero-order valence-electron chi connectivity index (χ0n) is 19.5. The highest BCUT2D eigenvalue weighted by molar-refractivity contribution is 5.90. The van der Waals surface area contributed by atoms with Gasteiger partial charge in [0.2, 0.25) is 0 Å². The van der Waals surface area contributed by atoms with E-state index in [1.165, 1.54) is 55.6 Å². The maximum absolute atomic E-state index is 10.3. The summed E-state index contributed by atoms with van der Waals surface area (Å²) in [6.07, 6.45) is 8.52. The molecule has 0 amide bonds. The summed E-state index contributed by atoms with van der Waals surface area (Å²) < 4.78 is 0. The average molecular weight is 449 g/mol. The molecule has 2 aromatic rings. The Morgan fingerprint density at radius 1 is 0.939 bits per heavy atom. The highest BCUT2D eigenvalue weighted by Crippen LogP contribution is 2.42. The minimum absolute atomic E-state index is 0.293. The number of hydrogen-bond donors (Lipinski definition) is 5. The predicted molar refractivity (Wildman–Crippen MR) is 133 cm³/mol. The molecule has 176 valence electrons. The zero-order valence-corrected chi connectivity index (χ0v) is 19.5. The van der Waals surface area contributed by atoms with Gasteiger partial charge in [-0.3, -0.25) is 20.7 Å². The lowest BCUT2D eigenvalue weighted by Gasteiger charge is -2.45. The van der Waals surface area contributed by atoms with E-state index in [9.17, 15) is 5.11 Å². The van der Waals surface area contributed by atoms with Crippen molar-refractivity contribution in [1.82, 2.24) is 25.5 Å². The van der Waals surface area contributed by atoms with Gasteiger partial charge >= 0.3 is 0 Å². The molecule has 1 aromatic heterocycles. The molecule has 1 aliphatic carbocycles. The highest BCUT2D eigenvalue weighted by Gasteiger charge is 2.36. The molecule has 6 rings (SSSR count). The van der Waals surface area contributed by atoms with Gasteiger partial charge in [0.1, 0.15) is 11.6 Å². The van der Waals surface area contributed by atoms with Crippen molar-refractivity contribution in [3.05, 3.63) is 46.6 Å². The Bertz CT molecular complexity index is 1030. The first-order chi connectivity index (χ1) is 16.2. The van der Waals surface area contributed by atoms with E-state index in [1.54, 1.807) is 6.07 Å². The number of aromatic nitrogens is 1. The Morgan fingerprint density at radius 2 is 1.70 bits per heavy atom. The number of benzene rings is 1. The lowest BCUT2D eigenvalue weighted by molar-refractivity contribution is 0.0630. The van der Waals surface area contributed by atoms with Crippen LogP contribution in [0.1, 0.15) is 61.0 Å². The fourth-order valence-electron chi connectivity index (χ4n) is 6.56. The molecule has 0 radical (unpaired) electrons. The summed E-state index contributed by atoms with van der Waals surface area (Å²) in [6.45, 7) is 8.21. The number of anilines is 1. The number of piperazine rings is 1. The first kappa shape index (κ1) is 21.1. The van der Waals surface area contributed by atoms with E-state index in [2.05, 4.69) is 44.0 Å². The third-order valence-corrected chi connectivity index (χ3v) is 8.30. The molecule has 1 aromatic carbocycles. The number of aromatic amines is 1. The zero-order chi connectivity index (χ0) is 22.4. The van der Waals surface area contributed by atoms with Gasteiger partial charge in [-0.2, -0.15) is 0 Å². The summed E-state index contributed by atoms with van der Waals surface area (Å²) in [5.41, 5.74) is 12.3. The van der Waals surface area contributed by atoms with Crippen molar-refractivity contribution in [2.24, 2.45) is 0 Å². The number of nitrogens with zero attached hydrogens (tertiary/aromatic N) is 2. The molecule has 33 heavy (non-hydrogen) atoms. The molecule has 2 fully saturated rings. The van der Waals surface area contributed by atoms with Crippen LogP contribution in [0.2, 0.25) is 0 Å². The second kappa shape index (κ2) is 8.70. The number of fused-ring (bicyclic) bond motifs is 3. The van der Waals surface area contributed by atoms with Gasteiger partial charge < -0.3 is 15.4 Å². The van der Waals surface area contributed by atoms with E-state index in [1.807, 2.05) is 18.2 Å². The van der Waals surface area contributed by atoms with Crippen LogP contribution in [0.25, 0.3) is 11.8 Å². The minimum atomic E-state index is 0.293. The van der Waals surface area contributed by atoms with Gasteiger partial charge in [-0.25, -0.2) is 0 Å². The fourth-order valence-corrected chi connectivity index (χ4v) is 6.56. The maximum Gasteiger partial charge on any atom is 0.130 e. The summed E-state index contributed by atoms with van der Waals surface area (Å²) in [5, 5.41) is 13.8. The Hall–Kier alpha value is -2.48. The molecule has 0 spiro atoms. The van der Waals surface area contributed by atoms with Crippen molar-refractivity contribution in [2.75, 3.05) is 38.1 Å². The largest absolute Gasteiger partial charge is 0.507 e. The number of hydrogen-bond acceptors (Lipinski definition) is 6. The molecule has 7 heteroatoms. The minimum Gasteiger partial charge on any atom is -0.507 e. The Morgan fingerprint density at radius 3 is 2.48 bits per heavy atom. The Balaban J connectivity index is 1.21. The quantitative estimate of drug-likeness (QED) is 0.496. The lowest BCUT2D eigenvalue weighted by atomic mass is 9.85. The summed E-state index contributed by atoms with van der Waals surface area (Å²) in [7, 11) is 0. The molecule has 0 unspecified atom stereocenters. The molecule has 3 aliphatic heterocycles. The summed E-state index contributed by atoms with van der Waals surface area (Å²) in [6, 6.07) is 9.34. The van der Waals surface area contributed by atoms with Crippen LogP contribution in [0.15, 0.2) is 24.3 Å². The average Bonchev–Trinajstić information content (AvgIpc) is 3.24. The maximum atomic E-state index is 10.3. The van der Waals surface area contributed by atoms with Crippen LogP contribution in [0.3, 0.4) is 0 Å². The molecular weight excluding hydrogens is 412 g/mol. The van der Waals surface area contributed by atoms with E-state index in [4.69, 9.17) is 0 Å². The van der Waals surface area contributed by atoms with Crippen molar-refractivity contribution in [3.63, 3.8) is 0 Å². The van der Waals surface area contributed by atoms with E-state index >= 15 is 0 Å². The molecule has 4 aliphatic rings. The predicted octanol–water partition coefficient (Wildman–Crippen LogP) is 3.28. The number of para-hydroxylation sites is 1. The first-order valence-electron chi connectivity index (χ1n) is 12.7. The molecule has 5 N–H and O–H groups in total. The summed E-state index contributed by atoms with van der Waals surface area (Å²) >= 11 is 0. The van der Waals surface area contributed by atoms with Crippen LogP contribution < -0.4 is 16.2 Å². The smallest absolute Gasteiger partial charge is 0.130 e. The van der Waals surface area contributed by atoms with Gasteiger partial charge in [-0.1, -0.05) is 12.1 Å². The number of H-pyrrole nitrogens is 1. The third-order valence-electron chi connectivity index (χ3n) is 8.30. The normalized spacial score (nSPS) is 28.3. The van der Waals surface area contributed by atoms with Crippen LogP contribution in [0, 0.1) is 0 Å². The van der Waals surface area contributed by atoms with Crippen LogP contribution >= 0.6 is 0 Å². The van der Waals surface area contributed by atoms with Gasteiger partial charge in [0.25, 0.3) is 0 Å². The van der Waals surface area contributed by atoms with E-state index in [0.717, 1.165) is 49.2 Å². The standard InChI is InChI=1S/C26H36N6O/c1-17-25-21-16-23(20-4-2-3-5-24(20)33)29-30-26(21)28-22(25)10-13-32(17)19-8-6-18(7-9-19)31-14-11-27-12-15-31/h2-5,16-19,27-30,33H,6-15H2,1H3/t17-,18?,19?/m1/s1. The van der Waals surface area contributed by atoms with Gasteiger partial charge in [-0.15, -0.1) is 0 Å². The van der Waals surface area contributed by atoms with E-state index < -0.39 is 0 Å². The van der Waals surface area contributed by atoms with Gasteiger partial charge in [0.15, 0.2) is 0 Å². The number of aromatic hydroxyl groups is 1. The first-order valence-corrected chi connectivity index (χ1v) is 12.7. The molecule has 1 atom stereocenters. The van der Waals surface area contributed by atoms with Gasteiger partial charge in [0.05, 0.1) is 5.70 Å². The highest BCUT2D eigenvalue weighted by atomic mass is 16.3. The topological polar surface area (TPSA) is 78.6 Å². The van der Waals surface area contributed by atoms with Crippen LogP contribution in [-0.4, -0.2) is 64.7 Å². The lowest BCUT2D eigenvalue weighted by Crippen LogP contribution is -2.51. The van der Waals surface area contributed by atoms with Crippen LogP contribution in [0.4, 0.5) is 5.82 Å². The third kappa shape index (κ3) is 3.82.